The maximum absolute atomic E-state index is 14.0. The number of halogens is 1. The molecule has 0 spiro atoms. The standard InChI is InChI=1S/C18H27FN2O4/c1-3-15-12-20-7-8-21(15)18(22)25-13-14-11-16(5-6-17(14)19)24-10-9-23-4-2/h5-6,11,15,20H,3-4,7-10,12-13H2,1-2H3. The lowest BCUT2D eigenvalue weighted by Gasteiger charge is -2.34. The fourth-order valence-electron chi connectivity index (χ4n) is 2.70. The van der Waals surface area contributed by atoms with E-state index in [2.05, 4.69) is 5.32 Å². The summed E-state index contributed by atoms with van der Waals surface area (Å²) in [6.45, 7) is 7.39. The van der Waals surface area contributed by atoms with Crippen molar-refractivity contribution in [3.05, 3.63) is 29.6 Å². The average molecular weight is 354 g/mol. The quantitative estimate of drug-likeness (QED) is 0.727. The highest BCUT2D eigenvalue weighted by atomic mass is 19.1. The zero-order chi connectivity index (χ0) is 18.1. The van der Waals surface area contributed by atoms with Crippen LogP contribution in [-0.4, -0.2) is 56.5 Å². The van der Waals surface area contributed by atoms with Gasteiger partial charge in [-0.3, -0.25) is 0 Å². The summed E-state index contributed by atoms with van der Waals surface area (Å²) >= 11 is 0. The number of carbonyl (C=O) groups is 1. The SMILES string of the molecule is CCOCCOc1ccc(F)c(COC(=O)N2CCNCC2CC)c1. The Morgan fingerprint density at radius 3 is 2.96 bits per heavy atom. The molecule has 1 aromatic rings. The molecular weight excluding hydrogens is 327 g/mol. The third-order valence-corrected chi connectivity index (χ3v) is 4.12. The number of amides is 1. The van der Waals surface area contributed by atoms with E-state index in [4.69, 9.17) is 14.2 Å². The van der Waals surface area contributed by atoms with Crippen LogP contribution in [0.4, 0.5) is 9.18 Å². The van der Waals surface area contributed by atoms with Gasteiger partial charge in [-0.15, -0.1) is 0 Å². The molecule has 1 fully saturated rings. The molecule has 6 nitrogen and oxygen atoms in total. The van der Waals surface area contributed by atoms with Crippen molar-refractivity contribution in [3.63, 3.8) is 0 Å². The molecule has 0 saturated carbocycles. The maximum atomic E-state index is 14.0. The number of benzene rings is 1. The summed E-state index contributed by atoms with van der Waals surface area (Å²) in [6.07, 6.45) is 0.440. The molecule has 1 saturated heterocycles. The van der Waals surface area contributed by atoms with E-state index < -0.39 is 11.9 Å². The maximum Gasteiger partial charge on any atom is 0.410 e. The first-order valence-corrected chi connectivity index (χ1v) is 8.78. The molecular formula is C18H27FN2O4. The first kappa shape index (κ1) is 19.5. The van der Waals surface area contributed by atoms with Crippen LogP contribution in [0.3, 0.4) is 0 Å². The first-order valence-electron chi connectivity index (χ1n) is 8.78. The predicted molar refractivity (Wildman–Crippen MR) is 92.2 cm³/mol. The van der Waals surface area contributed by atoms with Crippen LogP contribution in [0.2, 0.25) is 0 Å². The zero-order valence-electron chi connectivity index (χ0n) is 14.9. The molecule has 140 valence electrons. The summed E-state index contributed by atoms with van der Waals surface area (Å²) in [5, 5.41) is 3.25. The molecule has 1 amide bonds. The Labute approximate surface area is 148 Å². The van der Waals surface area contributed by atoms with E-state index >= 15 is 0 Å². The number of hydrogen-bond donors (Lipinski definition) is 1. The van der Waals surface area contributed by atoms with Gasteiger partial charge in [-0.2, -0.15) is 0 Å². The number of hydrogen-bond acceptors (Lipinski definition) is 5. The van der Waals surface area contributed by atoms with E-state index in [1.807, 2.05) is 13.8 Å². The largest absolute Gasteiger partial charge is 0.491 e. The minimum absolute atomic E-state index is 0.110. The molecule has 1 aromatic carbocycles. The third-order valence-electron chi connectivity index (χ3n) is 4.12. The van der Waals surface area contributed by atoms with Gasteiger partial charge in [-0.05, 0) is 31.5 Å². The minimum Gasteiger partial charge on any atom is -0.491 e. The second kappa shape index (κ2) is 10.2. The van der Waals surface area contributed by atoms with E-state index in [1.165, 1.54) is 6.07 Å². The van der Waals surface area contributed by atoms with Gasteiger partial charge in [0.2, 0.25) is 0 Å². The fourth-order valence-corrected chi connectivity index (χ4v) is 2.70. The predicted octanol–water partition coefficient (Wildman–Crippen LogP) is 2.56. The van der Waals surface area contributed by atoms with Gasteiger partial charge < -0.3 is 24.4 Å². The number of nitrogens with one attached hydrogen (secondary N) is 1. The second-order valence-electron chi connectivity index (χ2n) is 5.81. The highest BCUT2D eigenvalue weighted by Crippen LogP contribution is 2.19. The molecule has 2 rings (SSSR count). The average Bonchev–Trinajstić information content (AvgIpc) is 2.65. The normalized spacial score (nSPS) is 17.4. The van der Waals surface area contributed by atoms with Crippen molar-refractivity contribution < 1.29 is 23.4 Å². The molecule has 1 aliphatic rings. The van der Waals surface area contributed by atoms with E-state index in [1.54, 1.807) is 17.0 Å². The van der Waals surface area contributed by atoms with Crippen LogP contribution in [0.25, 0.3) is 0 Å². The van der Waals surface area contributed by atoms with Gasteiger partial charge in [-0.1, -0.05) is 6.92 Å². The van der Waals surface area contributed by atoms with Crippen LogP contribution in [-0.2, 0) is 16.1 Å². The zero-order valence-corrected chi connectivity index (χ0v) is 14.9. The summed E-state index contributed by atoms with van der Waals surface area (Å²) < 4.78 is 30.0. The summed E-state index contributed by atoms with van der Waals surface area (Å²) in [6, 6.07) is 4.54. The van der Waals surface area contributed by atoms with E-state index in [0.717, 1.165) is 19.5 Å². The summed E-state index contributed by atoms with van der Waals surface area (Å²) in [5.74, 6) is 0.109. The Morgan fingerprint density at radius 2 is 2.20 bits per heavy atom. The Balaban J connectivity index is 1.89. The summed E-state index contributed by atoms with van der Waals surface area (Å²) in [7, 11) is 0. The number of ether oxygens (including phenoxy) is 3. The van der Waals surface area contributed by atoms with Crippen molar-refractivity contribution >= 4 is 6.09 Å². The molecule has 0 bridgehead atoms. The van der Waals surface area contributed by atoms with Gasteiger partial charge >= 0.3 is 6.09 Å². The van der Waals surface area contributed by atoms with Crippen molar-refractivity contribution in [2.75, 3.05) is 39.5 Å². The minimum atomic E-state index is -0.419. The molecule has 7 heteroatoms. The lowest BCUT2D eigenvalue weighted by atomic mass is 10.1. The Morgan fingerprint density at radius 1 is 1.36 bits per heavy atom. The molecule has 1 atom stereocenters. The number of piperazine rings is 1. The molecule has 1 N–H and O–H groups in total. The molecule has 1 heterocycles. The lowest BCUT2D eigenvalue weighted by Crippen LogP contribution is -2.53. The molecule has 0 aliphatic carbocycles. The number of carbonyl (C=O) groups excluding carboxylic acids is 1. The monoisotopic (exact) mass is 354 g/mol. The van der Waals surface area contributed by atoms with Crippen LogP contribution >= 0.6 is 0 Å². The molecule has 1 aliphatic heterocycles. The van der Waals surface area contributed by atoms with E-state index in [-0.39, 0.29) is 12.6 Å². The van der Waals surface area contributed by atoms with Gasteiger partial charge in [0.25, 0.3) is 0 Å². The Bertz CT molecular complexity index is 556. The van der Waals surface area contributed by atoms with Crippen LogP contribution in [0.1, 0.15) is 25.8 Å². The summed E-state index contributed by atoms with van der Waals surface area (Å²) in [4.78, 5) is 14.0. The van der Waals surface area contributed by atoms with Gasteiger partial charge in [-0.25, -0.2) is 9.18 Å². The summed E-state index contributed by atoms with van der Waals surface area (Å²) in [5.41, 5.74) is 0.297. The molecule has 1 unspecified atom stereocenters. The van der Waals surface area contributed by atoms with Gasteiger partial charge in [0.1, 0.15) is 24.8 Å². The number of nitrogens with zero attached hydrogens (tertiary/aromatic N) is 1. The third kappa shape index (κ3) is 5.86. The highest BCUT2D eigenvalue weighted by Gasteiger charge is 2.26. The van der Waals surface area contributed by atoms with Crippen molar-refractivity contribution in [2.24, 2.45) is 0 Å². The van der Waals surface area contributed by atoms with Crippen LogP contribution < -0.4 is 10.1 Å². The van der Waals surface area contributed by atoms with E-state index in [9.17, 15) is 9.18 Å². The molecule has 0 aromatic heterocycles. The van der Waals surface area contributed by atoms with Crippen molar-refractivity contribution in [1.82, 2.24) is 10.2 Å². The highest BCUT2D eigenvalue weighted by molar-refractivity contribution is 5.68. The Hall–Kier alpha value is -1.86. The van der Waals surface area contributed by atoms with Crippen molar-refractivity contribution in [3.8, 4) is 5.75 Å². The van der Waals surface area contributed by atoms with Crippen molar-refractivity contribution in [1.29, 1.82) is 0 Å². The van der Waals surface area contributed by atoms with Gasteiger partial charge in [0.15, 0.2) is 0 Å². The second-order valence-corrected chi connectivity index (χ2v) is 5.81. The van der Waals surface area contributed by atoms with Gasteiger partial charge in [0.05, 0.1) is 6.61 Å². The fraction of sp³-hybridized carbons (Fsp3) is 0.611. The topological polar surface area (TPSA) is 60.0 Å². The van der Waals surface area contributed by atoms with Crippen LogP contribution in [0.15, 0.2) is 18.2 Å². The van der Waals surface area contributed by atoms with Crippen LogP contribution in [0, 0.1) is 5.82 Å². The first-order chi connectivity index (χ1) is 12.2. The number of rotatable bonds is 8. The molecule has 0 radical (unpaired) electrons. The smallest absolute Gasteiger partial charge is 0.410 e. The van der Waals surface area contributed by atoms with Crippen molar-refractivity contribution in [2.45, 2.75) is 32.9 Å². The molecule has 25 heavy (non-hydrogen) atoms. The van der Waals surface area contributed by atoms with Crippen LogP contribution in [0.5, 0.6) is 5.75 Å². The lowest BCUT2D eigenvalue weighted by molar-refractivity contribution is 0.0705. The van der Waals surface area contributed by atoms with Gasteiger partial charge in [0, 0.05) is 37.8 Å². The van der Waals surface area contributed by atoms with E-state index in [0.29, 0.717) is 37.7 Å². The Kier molecular flexibility index (Phi) is 7.94.